The molecule has 27 heavy (non-hydrogen) atoms. The Balaban J connectivity index is 1.42. The number of hydrogen-bond donors (Lipinski definition) is 1. The van der Waals surface area contributed by atoms with Crippen molar-refractivity contribution in [3.05, 3.63) is 59.4 Å². The fourth-order valence-electron chi connectivity index (χ4n) is 3.23. The number of benzene rings is 2. The number of carbonyl (C=O) groups is 1. The lowest BCUT2D eigenvalue weighted by atomic mass is 10.1. The first kappa shape index (κ1) is 19.2. The standard InChI is InChI=1S/C21H26FN3O2/c1-16-13-17(3-8-20(16)22)14-23-21(26)15-24-9-11-25(12-10-24)18-4-6-19(27-2)7-5-18/h3-8,13H,9-12,14-15H2,1-2H3,(H,23,26). The number of hydrogen-bond acceptors (Lipinski definition) is 4. The Morgan fingerprint density at radius 1 is 1.11 bits per heavy atom. The molecule has 3 rings (SSSR count). The average molecular weight is 371 g/mol. The van der Waals surface area contributed by atoms with Gasteiger partial charge in [0.15, 0.2) is 0 Å². The van der Waals surface area contributed by atoms with Crippen LogP contribution in [-0.4, -0.2) is 50.6 Å². The van der Waals surface area contributed by atoms with Gasteiger partial charge in [0, 0.05) is 38.4 Å². The summed E-state index contributed by atoms with van der Waals surface area (Å²) in [7, 11) is 1.66. The number of nitrogens with zero attached hydrogens (tertiary/aromatic N) is 2. The van der Waals surface area contributed by atoms with Crippen LogP contribution in [0.1, 0.15) is 11.1 Å². The van der Waals surface area contributed by atoms with Gasteiger partial charge in [0.25, 0.3) is 0 Å². The van der Waals surface area contributed by atoms with Crippen LogP contribution in [-0.2, 0) is 11.3 Å². The van der Waals surface area contributed by atoms with Crippen LogP contribution in [0.15, 0.2) is 42.5 Å². The summed E-state index contributed by atoms with van der Waals surface area (Å²) < 4.78 is 18.5. The molecule has 2 aromatic rings. The molecule has 0 radical (unpaired) electrons. The molecule has 144 valence electrons. The normalized spacial score (nSPS) is 14.9. The molecule has 0 bridgehead atoms. The maximum atomic E-state index is 13.3. The summed E-state index contributed by atoms with van der Waals surface area (Å²) in [6.45, 7) is 5.99. The fourth-order valence-corrected chi connectivity index (χ4v) is 3.23. The summed E-state index contributed by atoms with van der Waals surface area (Å²) in [6, 6.07) is 13.0. The summed E-state index contributed by atoms with van der Waals surface area (Å²) >= 11 is 0. The predicted octanol–water partition coefficient (Wildman–Crippen LogP) is 2.58. The molecular weight excluding hydrogens is 345 g/mol. The molecule has 0 atom stereocenters. The van der Waals surface area contributed by atoms with Crippen molar-refractivity contribution < 1.29 is 13.9 Å². The van der Waals surface area contributed by atoms with Crippen molar-refractivity contribution in [3.8, 4) is 5.75 Å². The molecule has 0 saturated carbocycles. The SMILES string of the molecule is COc1ccc(N2CCN(CC(=O)NCc3ccc(F)c(C)c3)CC2)cc1. The first-order valence-electron chi connectivity index (χ1n) is 9.18. The van der Waals surface area contributed by atoms with Gasteiger partial charge in [-0.3, -0.25) is 9.69 Å². The molecule has 1 saturated heterocycles. The van der Waals surface area contributed by atoms with E-state index in [1.54, 1.807) is 26.2 Å². The van der Waals surface area contributed by atoms with Gasteiger partial charge in [0.2, 0.25) is 5.91 Å². The number of methoxy groups -OCH3 is 1. The molecule has 5 nitrogen and oxygen atoms in total. The van der Waals surface area contributed by atoms with Gasteiger partial charge in [0.05, 0.1) is 13.7 Å². The van der Waals surface area contributed by atoms with Gasteiger partial charge in [0.1, 0.15) is 11.6 Å². The van der Waals surface area contributed by atoms with Crippen LogP contribution < -0.4 is 15.0 Å². The lowest BCUT2D eigenvalue weighted by Crippen LogP contribution is -2.49. The number of nitrogens with one attached hydrogen (secondary N) is 1. The Labute approximate surface area is 159 Å². The van der Waals surface area contributed by atoms with Gasteiger partial charge >= 0.3 is 0 Å². The second-order valence-corrected chi connectivity index (χ2v) is 6.82. The van der Waals surface area contributed by atoms with E-state index in [-0.39, 0.29) is 11.7 Å². The number of halogens is 1. The number of aryl methyl sites for hydroxylation is 1. The third kappa shape index (κ3) is 5.20. The molecule has 6 heteroatoms. The minimum Gasteiger partial charge on any atom is -0.497 e. The molecule has 1 aliphatic heterocycles. The highest BCUT2D eigenvalue weighted by Crippen LogP contribution is 2.20. The lowest BCUT2D eigenvalue weighted by Gasteiger charge is -2.35. The maximum absolute atomic E-state index is 13.3. The zero-order chi connectivity index (χ0) is 19.2. The smallest absolute Gasteiger partial charge is 0.234 e. The van der Waals surface area contributed by atoms with Crippen LogP contribution in [0.25, 0.3) is 0 Å². The molecule has 2 aromatic carbocycles. The van der Waals surface area contributed by atoms with E-state index in [1.165, 1.54) is 11.8 Å². The summed E-state index contributed by atoms with van der Waals surface area (Å²) in [6.07, 6.45) is 0. The number of amides is 1. The highest BCUT2D eigenvalue weighted by atomic mass is 19.1. The Morgan fingerprint density at radius 3 is 2.44 bits per heavy atom. The van der Waals surface area contributed by atoms with Crippen molar-refractivity contribution in [2.75, 3.05) is 44.7 Å². The largest absolute Gasteiger partial charge is 0.497 e. The molecule has 0 spiro atoms. The first-order chi connectivity index (χ1) is 13.0. The van der Waals surface area contributed by atoms with E-state index in [0.29, 0.717) is 18.7 Å². The van der Waals surface area contributed by atoms with E-state index in [0.717, 1.165) is 37.5 Å². The van der Waals surface area contributed by atoms with Crippen molar-refractivity contribution in [1.29, 1.82) is 0 Å². The van der Waals surface area contributed by atoms with E-state index in [4.69, 9.17) is 4.74 Å². The van der Waals surface area contributed by atoms with Crippen LogP contribution in [0.2, 0.25) is 0 Å². The van der Waals surface area contributed by atoms with E-state index in [2.05, 4.69) is 27.2 Å². The molecule has 1 aliphatic rings. The van der Waals surface area contributed by atoms with Crippen LogP contribution in [0, 0.1) is 12.7 Å². The van der Waals surface area contributed by atoms with Gasteiger partial charge < -0.3 is 15.0 Å². The number of ether oxygens (including phenoxy) is 1. The van der Waals surface area contributed by atoms with Gasteiger partial charge in [-0.15, -0.1) is 0 Å². The number of rotatable bonds is 6. The molecular formula is C21H26FN3O2. The third-order valence-corrected chi connectivity index (χ3v) is 4.89. The first-order valence-corrected chi connectivity index (χ1v) is 9.18. The Bertz CT molecular complexity index is 771. The average Bonchev–Trinajstić information content (AvgIpc) is 2.69. The van der Waals surface area contributed by atoms with Gasteiger partial charge in [-0.2, -0.15) is 0 Å². The van der Waals surface area contributed by atoms with Crippen molar-refractivity contribution in [3.63, 3.8) is 0 Å². The van der Waals surface area contributed by atoms with Gasteiger partial charge in [-0.1, -0.05) is 12.1 Å². The quantitative estimate of drug-likeness (QED) is 0.848. The second kappa shape index (κ2) is 8.86. The van der Waals surface area contributed by atoms with Crippen LogP contribution in [0.3, 0.4) is 0 Å². The Hall–Kier alpha value is -2.60. The lowest BCUT2D eigenvalue weighted by molar-refractivity contribution is -0.122. The van der Waals surface area contributed by atoms with E-state index >= 15 is 0 Å². The van der Waals surface area contributed by atoms with Crippen LogP contribution in [0.4, 0.5) is 10.1 Å². The third-order valence-electron chi connectivity index (χ3n) is 4.89. The number of anilines is 1. The number of piperazine rings is 1. The highest BCUT2D eigenvalue weighted by molar-refractivity contribution is 5.78. The summed E-state index contributed by atoms with van der Waals surface area (Å²) in [5.41, 5.74) is 2.68. The topological polar surface area (TPSA) is 44.8 Å². The molecule has 0 unspecified atom stereocenters. The van der Waals surface area contributed by atoms with E-state index in [1.807, 2.05) is 12.1 Å². The van der Waals surface area contributed by atoms with Crippen LogP contribution in [0.5, 0.6) is 5.75 Å². The van der Waals surface area contributed by atoms with Gasteiger partial charge in [-0.05, 0) is 48.4 Å². The molecule has 1 heterocycles. The van der Waals surface area contributed by atoms with Crippen molar-refractivity contribution in [2.24, 2.45) is 0 Å². The molecule has 0 aromatic heterocycles. The minimum atomic E-state index is -0.222. The summed E-state index contributed by atoms with van der Waals surface area (Å²) in [5.74, 6) is 0.625. The Kier molecular flexibility index (Phi) is 6.29. The van der Waals surface area contributed by atoms with E-state index in [9.17, 15) is 9.18 Å². The fraction of sp³-hybridized carbons (Fsp3) is 0.381. The Morgan fingerprint density at radius 2 is 1.81 bits per heavy atom. The predicted molar refractivity (Wildman–Crippen MR) is 105 cm³/mol. The zero-order valence-electron chi connectivity index (χ0n) is 15.9. The molecule has 1 amide bonds. The zero-order valence-corrected chi connectivity index (χ0v) is 15.9. The molecule has 1 fully saturated rings. The summed E-state index contributed by atoms with van der Waals surface area (Å²) in [4.78, 5) is 16.7. The maximum Gasteiger partial charge on any atom is 0.234 e. The molecule has 1 N–H and O–H groups in total. The van der Waals surface area contributed by atoms with Crippen molar-refractivity contribution >= 4 is 11.6 Å². The number of carbonyl (C=O) groups excluding carboxylic acids is 1. The monoisotopic (exact) mass is 371 g/mol. The van der Waals surface area contributed by atoms with Crippen molar-refractivity contribution in [1.82, 2.24) is 10.2 Å². The van der Waals surface area contributed by atoms with E-state index < -0.39 is 0 Å². The van der Waals surface area contributed by atoms with Crippen molar-refractivity contribution in [2.45, 2.75) is 13.5 Å². The minimum absolute atomic E-state index is 0.00474. The highest BCUT2D eigenvalue weighted by Gasteiger charge is 2.19. The molecule has 0 aliphatic carbocycles. The van der Waals surface area contributed by atoms with Crippen LogP contribution >= 0.6 is 0 Å². The second-order valence-electron chi connectivity index (χ2n) is 6.82. The van der Waals surface area contributed by atoms with Gasteiger partial charge in [-0.25, -0.2) is 4.39 Å². The summed E-state index contributed by atoms with van der Waals surface area (Å²) in [5, 5.41) is 2.92.